The van der Waals surface area contributed by atoms with Gasteiger partial charge >= 0.3 is 0 Å². The van der Waals surface area contributed by atoms with Crippen LogP contribution >= 0.6 is 0 Å². The molecule has 0 aliphatic carbocycles. The summed E-state index contributed by atoms with van der Waals surface area (Å²) >= 11 is 0. The third kappa shape index (κ3) is 3.37. The largest absolute Gasteiger partial charge is 0.305 e. The summed E-state index contributed by atoms with van der Waals surface area (Å²) in [5.41, 5.74) is 5.44. The first kappa shape index (κ1) is 15.2. The summed E-state index contributed by atoms with van der Waals surface area (Å²) in [7, 11) is 4.23. The molecule has 3 heteroatoms. The van der Waals surface area contributed by atoms with Crippen molar-refractivity contribution in [1.82, 2.24) is 14.8 Å². The third-order valence-corrected chi connectivity index (χ3v) is 4.43. The molecule has 0 fully saturated rings. The van der Waals surface area contributed by atoms with E-state index in [1.807, 2.05) is 6.20 Å². The minimum Gasteiger partial charge on any atom is -0.305 e. The van der Waals surface area contributed by atoms with Gasteiger partial charge in [0.2, 0.25) is 0 Å². The summed E-state index contributed by atoms with van der Waals surface area (Å²) in [5.74, 6) is 0. The Balaban J connectivity index is 1.74. The van der Waals surface area contributed by atoms with Gasteiger partial charge in [-0.15, -0.1) is 0 Å². The maximum atomic E-state index is 4.53. The minimum absolute atomic E-state index is 0.440. The lowest BCUT2D eigenvalue weighted by Crippen LogP contribution is -2.34. The quantitative estimate of drug-likeness (QED) is 0.863. The standard InChI is InChI=1S/C19H25N3/c1-15-18-8-5-10-20-19(18)9-11-22(15)14-17-7-4-6-16(12-17)13-21(2)3/h4-8,10,12,15H,9,11,13-14H2,1-3H3/t15-/m1/s1. The number of nitrogens with zero attached hydrogens (tertiary/aromatic N) is 3. The Hall–Kier alpha value is -1.71. The molecule has 2 heterocycles. The van der Waals surface area contributed by atoms with Crippen molar-refractivity contribution < 1.29 is 0 Å². The van der Waals surface area contributed by atoms with Gasteiger partial charge in [-0.3, -0.25) is 9.88 Å². The van der Waals surface area contributed by atoms with Gasteiger partial charge in [-0.1, -0.05) is 30.3 Å². The Bertz CT molecular complexity index is 636. The second-order valence-corrected chi connectivity index (χ2v) is 6.49. The van der Waals surface area contributed by atoms with E-state index < -0.39 is 0 Å². The van der Waals surface area contributed by atoms with Gasteiger partial charge < -0.3 is 4.90 Å². The molecule has 2 aromatic rings. The van der Waals surface area contributed by atoms with Gasteiger partial charge in [0.25, 0.3) is 0 Å². The summed E-state index contributed by atoms with van der Waals surface area (Å²) in [4.78, 5) is 9.29. The molecule has 1 aromatic heterocycles. The van der Waals surface area contributed by atoms with Crippen LogP contribution in [0.2, 0.25) is 0 Å². The molecule has 3 rings (SSSR count). The predicted octanol–water partition coefficient (Wildman–Crippen LogP) is 3.26. The van der Waals surface area contributed by atoms with Crippen LogP contribution in [-0.2, 0) is 19.5 Å². The summed E-state index contributed by atoms with van der Waals surface area (Å²) in [6.45, 7) is 5.39. The Labute approximate surface area is 133 Å². The van der Waals surface area contributed by atoms with E-state index in [4.69, 9.17) is 0 Å². The summed E-state index contributed by atoms with van der Waals surface area (Å²) in [6.07, 6.45) is 2.96. The SMILES string of the molecule is C[C@@H]1c2cccnc2CCN1Cc1cccc(CN(C)C)c1. The van der Waals surface area contributed by atoms with Crippen molar-refractivity contribution in [3.8, 4) is 0 Å². The molecular formula is C19H25N3. The summed E-state index contributed by atoms with van der Waals surface area (Å²) in [6, 6.07) is 13.7. The van der Waals surface area contributed by atoms with Gasteiger partial charge in [-0.25, -0.2) is 0 Å². The van der Waals surface area contributed by atoms with Gasteiger partial charge in [-0.05, 0) is 43.8 Å². The highest BCUT2D eigenvalue weighted by Gasteiger charge is 2.24. The van der Waals surface area contributed by atoms with Gasteiger partial charge in [0.15, 0.2) is 0 Å². The van der Waals surface area contributed by atoms with Crippen LogP contribution < -0.4 is 0 Å². The number of fused-ring (bicyclic) bond motifs is 1. The molecule has 0 bridgehead atoms. The molecule has 22 heavy (non-hydrogen) atoms. The first-order valence-electron chi connectivity index (χ1n) is 8.04. The van der Waals surface area contributed by atoms with Crippen molar-refractivity contribution in [2.45, 2.75) is 32.5 Å². The first-order valence-corrected chi connectivity index (χ1v) is 8.04. The van der Waals surface area contributed by atoms with E-state index in [0.29, 0.717) is 6.04 Å². The Morgan fingerprint density at radius 2 is 2.00 bits per heavy atom. The third-order valence-electron chi connectivity index (χ3n) is 4.43. The molecule has 1 atom stereocenters. The van der Waals surface area contributed by atoms with Gasteiger partial charge in [0.05, 0.1) is 0 Å². The lowest BCUT2D eigenvalue weighted by Gasteiger charge is -2.34. The molecule has 0 unspecified atom stereocenters. The van der Waals surface area contributed by atoms with E-state index >= 15 is 0 Å². The van der Waals surface area contributed by atoms with Gasteiger partial charge in [0.1, 0.15) is 0 Å². The maximum absolute atomic E-state index is 4.53. The molecule has 1 aliphatic heterocycles. The van der Waals surface area contributed by atoms with E-state index in [2.05, 4.69) is 72.2 Å². The average molecular weight is 295 g/mol. The zero-order valence-electron chi connectivity index (χ0n) is 13.8. The molecule has 116 valence electrons. The molecule has 3 nitrogen and oxygen atoms in total. The molecule has 0 N–H and O–H groups in total. The van der Waals surface area contributed by atoms with Crippen molar-refractivity contribution in [2.24, 2.45) is 0 Å². The van der Waals surface area contributed by atoms with Gasteiger partial charge in [-0.2, -0.15) is 0 Å². The monoisotopic (exact) mass is 295 g/mol. The normalized spacial score (nSPS) is 18.5. The highest BCUT2D eigenvalue weighted by Crippen LogP contribution is 2.29. The Morgan fingerprint density at radius 3 is 2.82 bits per heavy atom. The minimum atomic E-state index is 0.440. The molecule has 1 aliphatic rings. The number of rotatable bonds is 4. The molecule has 0 radical (unpaired) electrons. The number of hydrogen-bond donors (Lipinski definition) is 0. The number of pyridine rings is 1. The zero-order chi connectivity index (χ0) is 15.5. The van der Waals surface area contributed by atoms with Crippen molar-refractivity contribution in [1.29, 1.82) is 0 Å². The van der Waals surface area contributed by atoms with Crippen molar-refractivity contribution >= 4 is 0 Å². The zero-order valence-corrected chi connectivity index (χ0v) is 13.8. The van der Waals surface area contributed by atoms with Crippen LogP contribution in [0.3, 0.4) is 0 Å². The van der Waals surface area contributed by atoms with Crippen LogP contribution in [0, 0.1) is 0 Å². The second kappa shape index (κ2) is 6.59. The molecule has 0 amide bonds. The highest BCUT2D eigenvalue weighted by atomic mass is 15.2. The van der Waals surface area contributed by atoms with Crippen LogP contribution in [0.25, 0.3) is 0 Å². The topological polar surface area (TPSA) is 19.4 Å². The molecule has 1 aromatic carbocycles. The van der Waals surface area contributed by atoms with E-state index in [1.165, 1.54) is 22.4 Å². The Kier molecular flexibility index (Phi) is 4.55. The summed E-state index contributed by atoms with van der Waals surface area (Å²) < 4.78 is 0. The number of hydrogen-bond acceptors (Lipinski definition) is 3. The predicted molar refractivity (Wildman–Crippen MR) is 90.6 cm³/mol. The molecule has 0 saturated carbocycles. The molecule has 0 saturated heterocycles. The van der Waals surface area contributed by atoms with Crippen LogP contribution in [-0.4, -0.2) is 35.4 Å². The first-order chi connectivity index (χ1) is 10.6. The van der Waals surface area contributed by atoms with Crippen molar-refractivity contribution in [3.63, 3.8) is 0 Å². The fourth-order valence-electron chi connectivity index (χ4n) is 3.32. The van der Waals surface area contributed by atoms with E-state index in [-0.39, 0.29) is 0 Å². The van der Waals surface area contributed by atoms with Crippen molar-refractivity contribution in [2.75, 3.05) is 20.6 Å². The fraction of sp³-hybridized carbons (Fsp3) is 0.421. The highest BCUT2D eigenvalue weighted by molar-refractivity contribution is 5.28. The van der Waals surface area contributed by atoms with Crippen LogP contribution in [0.5, 0.6) is 0 Å². The van der Waals surface area contributed by atoms with Gasteiger partial charge in [0, 0.05) is 44.0 Å². The van der Waals surface area contributed by atoms with E-state index in [0.717, 1.165) is 26.1 Å². The lowest BCUT2D eigenvalue weighted by atomic mass is 9.97. The number of aromatic nitrogens is 1. The van der Waals surface area contributed by atoms with E-state index in [1.54, 1.807) is 0 Å². The van der Waals surface area contributed by atoms with Crippen LogP contribution in [0.1, 0.15) is 35.3 Å². The van der Waals surface area contributed by atoms with Crippen molar-refractivity contribution in [3.05, 3.63) is 65.0 Å². The second-order valence-electron chi connectivity index (χ2n) is 6.49. The lowest BCUT2D eigenvalue weighted by molar-refractivity contribution is 0.188. The molecular weight excluding hydrogens is 270 g/mol. The number of benzene rings is 1. The summed E-state index contributed by atoms with van der Waals surface area (Å²) in [5, 5.41) is 0. The van der Waals surface area contributed by atoms with Crippen LogP contribution in [0.4, 0.5) is 0 Å². The maximum Gasteiger partial charge on any atom is 0.0464 e. The fourth-order valence-corrected chi connectivity index (χ4v) is 3.32. The average Bonchev–Trinajstić information content (AvgIpc) is 2.50. The Morgan fingerprint density at radius 1 is 1.18 bits per heavy atom. The van der Waals surface area contributed by atoms with Crippen LogP contribution in [0.15, 0.2) is 42.6 Å². The molecule has 0 spiro atoms. The smallest absolute Gasteiger partial charge is 0.0464 e. The van der Waals surface area contributed by atoms with E-state index in [9.17, 15) is 0 Å².